The Morgan fingerprint density at radius 3 is 2.96 bits per heavy atom. The van der Waals surface area contributed by atoms with E-state index in [9.17, 15) is 14.0 Å². The normalized spacial score (nSPS) is 21.7. The highest BCUT2D eigenvalue weighted by Gasteiger charge is 2.37. The fourth-order valence-corrected chi connectivity index (χ4v) is 4.83. The van der Waals surface area contributed by atoms with Gasteiger partial charge in [0.05, 0.1) is 5.02 Å². The zero-order valence-corrected chi connectivity index (χ0v) is 14.3. The Balaban J connectivity index is 1.63. The molecule has 0 bridgehead atoms. The van der Waals surface area contributed by atoms with Crippen LogP contribution < -0.4 is 5.32 Å². The molecule has 0 aliphatic carbocycles. The van der Waals surface area contributed by atoms with E-state index in [1.54, 1.807) is 17.0 Å². The topological polar surface area (TPSA) is 52.7 Å². The third kappa shape index (κ3) is 2.47. The van der Waals surface area contributed by atoms with Crippen LogP contribution in [0.4, 0.5) is 4.39 Å². The van der Waals surface area contributed by atoms with Gasteiger partial charge in [-0.1, -0.05) is 17.7 Å². The summed E-state index contributed by atoms with van der Waals surface area (Å²) in [6.45, 7) is 2.96. The molecule has 2 aliphatic rings. The van der Waals surface area contributed by atoms with Gasteiger partial charge in [0.2, 0.25) is 5.91 Å². The van der Waals surface area contributed by atoms with Crippen molar-refractivity contribution in [2.75, 3.05) is 32.7 Å². The van der Waals surface area contributed by atoms with E-state index in [4.69, 9.17) is 11.6 Å². The summed E-state index contributed by atoms with van der Waals surface area (Å²) >= 11 is 7.47. The van der Waals surface area contributed by atoms with Gasteiger partial charge in [-0.15, -0.1) is 11.3 Å². The van der Waals surface area contributed by atoms with Crippen LogP contribution in [0, 0.1) is 5.82 Å². The Bertz CT molecular complexity index is 840. The van der Waals surface area contributed by atoms with Gasteiger partial charge in [-0.3, -0.25) is 14.5 Å². The second-order valence-electron chi connectivity index (χ2n) is 5.95. The molecule has 0 radical (unpaired) electrons. The zero-order valence-electron chi connectivity index (χ0n) is 12.7. The largest absolute Gasteiger partial charge is 0.353 e. The van der Waals surface area contributed by atoms with E-state index < -0.39 is 5.82 Å². The van der Waals surface area contributed by atoms with Gasteiger partial charge in [-0.05, 0) is 12.1 Å². The Labute approximate surface area is 147 Å². The smallest absolute Gasteiger partial charge is 0.265 e. The first-order valence-corrected chi connectivity index (χ1v) is 8.93. The molecule has 126 valence electrons. The van der Waals surface area contributed by atoms with E-state index in [0.29, 0.717) is 41.1 Å². The van der Waals surface area contributed by atoms with Crippen LogP contribution in [0.15, 0.2) is 18.2 Å². The molecular formula is C16H15ClFN3O2S. The molecule has 24 heavy (non-hydrogen) atoms. The summed E-state index contributed by atoms with van der Waals surface area (Å²) in [7, 11) is 0. The van der Waals surface area contributed by atoms with Gasteiger partial charge in [-0.25, -0.2) is 4.39 Å². The lowest BCUT2D eigenvalue weighted by Gasteiger charge is -2.42. The van der Waals surface area contributed by atoms with Crippen molar-refractivity contribution in [1.82, 2.24) is 15.1 Å². The van der Waals surface area contributed by atoms with E-state index >= 15 is 0 Å². The van der Waals surface area contributed by atoms with E-state index in [1.165, 1.54) is 17.4 Å². The van der Waals surface area contributed by atoms with E-state index in [-0.39, 0.29) is 22.9 Å². The lowest BCUT2D eigenvalue weighted by atomic mass is 10.1. The maximum absolute atomic E-state index is 14.0. The molecule has 2 aliphatic heterocycles. The van der Waals surface area contributed by atoms with E-state index in [2.05, 4.69) is 10.2 Å². The SMILES string of the molecule is O=C1NCCN2CCN(C(=O)c3sc4cccc(F)c4c3Cl)C[C@@H]12. The molecule has 0 unspecified atom stereocenters. The van der Waals surface area contributed by atoms with Crippen LogP contribution in [-0.2, 0) is 4.79 Å². The minimum absolute atomic E-state index is 0.0489. The number of piperazine rings is 2. The van der Waals surface area contributed by atoms with Crippen molar-refractivity contribution in [2.24, 2.45) is 0 Å². The molecule has 3 heterocycles. The maximum Gasteiger partial charge on any atom is 0.265 e. The number of rotatable bonds is 1. The molecular weight excluding hydrogens is 353 g/mol. The fourth-order valence-electron chi connectivity index (χ4n) is 3.31. The number of fused-ring (bicyclic) bond motifs is 2. The summed E-state index contributed by atoms with van der Waals surface area (Å²) in [6.07, 6.45) is 0. The Kier molecular flexibility index (Phi) is 3.94. The summed E-state index contributed by atoms with van der Waals surface area (Å²) in [5.41, 5.74) is 0. The molecule has 1 atom stereocenters. The fraction of sp³-hybridized carbons (Fsp3) is 0.375. The van der Waals surface area contributed by atoms with Crippen LogP contribution in [0.1, 0.15) is 9.67 Å². The number of hydrogen-bond acceptors (Lipinski definition) is 4. The highest BCUT2D eigenvalue weighted by Crippen LogP contribution is 2.37. The van der Waals surface area contributed by atoms with Gasteiger partial charge in [0.1, 0.15) is 16.7 Å². The van der Waals surface area contributed by atoms with E-state index in [0.717, 1.165) is 6.54 Å². The lowest BCUT2D eigenvalue weighted by molar-refractivity contribution is -0.131. The Morgan fingerprint density at radius 1 is 1.33 bits per heavy atom. The summed E-state index contributed by atoms with van der Waals surface area (Å²) in [5, 5.41) is 3.28. The highest BCUT2D eigenvalue weighted by molar-refractivity contribution is 7.21. The predicted molar refractivity (Wildman–Crippen MR) is 91.1 cm³/mol. The van der Waals surface area contributed by atoms with Crippen LogP contribution >= 0.6 is 22.9 Å². The third-order valence-corrected chi connectivity index (χ3v) is 6.21. The van der Waals surface area contributed by atoms with Crippen LogP contribution in [0.2, 0.25) is 5.02 Å². The van der Waals surface area contributed by atoms with Crippen LogP contribution in [0.3, 0.4) is 0 Å². The monoisotopic (exact) mass is 367 g/mol. The highest BCUT2D eigenvalue weighted by atomic mass is 35.5. The van der Waals surface area contributed by atoms with Gasteiger partial charge in [-0.2, -0.15) is 0 Å². The first kappa shape index (κ1) is 15.8. The number of benzene rings is 1. The zero-order chi connectivity index (χ0) is 16.8. The second-order valence-corrected chi connectivity index (χ2v) is 7.38. The molecule has 4 rings (SSSR count). The summed E-state index contributed by atoms with van der Waals surface area (Å²) in [4.78, 5) is 28.9. The lowest BCUT2D eigenvalue weighted by Crippen LogP contribution is -2.64. The number of nitrogens with zero attached hydrogens (tertiary/aromatic N) is 2. The third-order valence-electron chi connectivity index (χ3n) is 4.58. The van der Waals surface area contributed by atoms with Crippen molar-refractivity contribution in [3.05, 3.63) is 33.9 Å². The number of thiophene rings is 1. The molecule has 8 heteroatoms. The first-order chi connectivity index (χ1) is 11.6. The van der Waals surface area contributed by atoms with Crippen molar-refractivity contribution >= 4 is 44.8 Å². The average molecular weight is 368 g/mol. The number of carbonyl (C=O) groups is 2. The first-order valence-electron chi connectivity index (χ1n) is 7.74. The van der Waals surface area contributed by atoms with Crippen LogP contribution in [0.5, 0.6) is 0 Å². The summed E-state index contributed by atoms with van der Waals surface area (Å²) < 4.78 is 14.6. The molecule has 0 spiro atoms. The van der Waals surface area contributed by atoms with Crippen LogP contribution in [-0.4, -0.2) is 60.4 Å². The molecule has 1 aromatic heterocycles. The number of nitrogens with one attached hydrogen (secondary N) is 1. The van der Waals surface area contributed by atoms with Crippen molar-refractivity contribution in [3.63, 3.8) is 0 Å². The minimum Gasteiger partial charge on any atom is -0.353 e. The molecule has 2 saturated heterocycles. The van der Waals surface area contributed by atoms with Crippen molar-refractivity contribution in [3.8, 4) is 0 Å². The molecule has 2 aromatic rings. The number of amides is 2. The Hall–Kier alpha value is -1.70. The van der Waals surface area contributed by atoms with Gasteiger partial charge in [0, 0.05) is 42.8 Å². The Morgan fingerprint density at radius 2 is 2.17 bits per heavy atom. The predicted octanol–water partition coefficient (Wildman–Crippen LogP) is 1.95. The number of carbonyl (C=O) groups excluding carboxylic acids is 2. The number of hydrogen-bond donors (Lipinski definition) is 1. The summed E-state index contributed by atoms with van der Waals surface area (Å²) in [5.74, 6) is -0.713. The molecule has 1 N–H and O–H groups in total. The molecule has 2 amide bonds. The van der Waals surface area contributed by atoms with Gasteiger partial charge in [0.25, 0.3) is 5.91 Å². The number of halogens is 2. The maximum atomic E-state index is 14.0. The molecule has 0 saturated carbocycles. The van der Waals surface area contributed by atoms with Gasteiger partial charge >= 0.3 is 0 Å². The summed E-state index contributed by atoms with van der Waals surface area (Å²) in [6, 6.07) is 4.36. The van der Waals surface area contributed by atoms with Crippen molar-refractivity contribution in [1.29, 1.82) is 0 Å². The van der Waals surface area contributed by atoms with Gasteiger partial charge in [0.15, 0.2) is 0 Å². The van der Waals surface area contributed by atoms with Crippen LogP contribution in [0.25, 0.3) is 10.1 Å². The molecule has 5 nitrogen and oxygen atoms in total. The quantitative estimate of drug-likeness (QED) is 0.838. The molecule has 1 aromatic carbocycles. The van der Waals surface area contributed by atoms with Gasteiger partial charge < -0.3 is 10.2 Å². The standard InChI is InChI=1S/C16H15ClFN3O2S/c17-13-12-9(18)2-1-3-11(12)24-14(13)16(23)21-7-6-20-5-4-19-15(22)10(20)8-21/h1-3,10H,4-8H2,(H,19,22)/t10-/m0/s1. The van der Waals surface area contributed by atoms with Crippen molar-refractivity contribution < 1.29 is 14.0 Å². The minimum atomic E-state index is -0.427. The van der Waals surface area contributed by atoms with E-state index in [1.807, 2.05) is 0 Å². The molecule has 2 fully saturated rings. The average Bonchev–Trinajstić information content (AvgIpc) is 2.92. The second kappa shape index (κ2) is 5.98. The van der Waals surface area contributed by atoms with Crippen molar-refractivity contribution in [2.45, 2.75) is 6.04 Å².